The van der Waals surface area contributed by atoms with E-state index in [0.717, 1.165) is 16.4 Å². The van der Waals surface area contributed by atoms with E-state index < -0.39 is 0 Å². The average molecular weight is 409 g/mol. The zero-order valence-electron chi connectivity index (χ0n) is 12.6. The van der Waals surface area contributed by atoms with E-state index >= 15 is 0 Å². The number of hydrogen-bond acceptors (Lipinski definition) is 2. The smallest absolute Gasteiger partial charge is 0.258 e. The topological polar surface area (TPSA) is 38.3 Å². The Balaban J connectivity index is 1.68. The molecule has 0 heterocycles. The van der Waals surface area contributed by atoms with E-state index in [9.17, 15) is 4.79 Å². The van der Waals surface area contributed by atoms with Crippen molar-refractivity contribution in [2.24, 2.45) is 0 Å². The van der Waals surface area contributed by atoms with E-state index in [0.29, 0.717) is 5.75 Å². The number of hydrogen-bond donors (Lipinski definition) is 1. The summed E-state index contributed by atoms with van der Waals surface area (Å²) in [6.45, 7) is 2.07. The Labute approximate surface area is 145 Å². The van der Waals surface area contributed by atoms with Crippen LogP contribution in [0.5, 0.6) is 5.75 Å². The predicted molar refractivity (Wildman–Crippen MR) is 97.0 cm³/mol. The maximum absolute atomic E-state index is 11.9. The molecule has 2 aromatic carbocycles. The van der Waals surface area contributed by atoms with Crippen LogP contribution in [0.2, 0.25) is 0 Å². The fourth-order valence-corrected chi connectivity index (χ4v) is 2.46. The number of aryl methyl sites for hydroxylation is 1. The largest absolute Gasteiger partial charge is 0.484 e. The first-order chi connectivity index (χ1) is 10.6. The molecule has 1 atom stereocenters. The lowest BCUT2D eigenvalue weighted by molar-refractivity contribution is -0.123. The minimum Gasteiger partial charge on any atom is -0.484 e. The maximum Gasteiger partial charge on any atom is 0.258 e. The van der Waals surface area contributed by atoms with Crippen LogP contribution < -0.4 is 10.1 Å². The lowest BCUT2D eigenvalue weighted by Crippen LogP contribution is -2.36. The summed E-state index contributed by atoms with van der Waals surface area (Å²) < 4.78 is 6.61. The maximum atomic E-state index is 11.9. The number of nitrogens with one attached hydrogen (secondary N) is 1. The van der Waals surface area contributed by atoms with Gasteiger partial charge in [-0.15, -0.1) is 0 Å². The number of halogens is 1. The molecule has 116 valence electrons. The Morgan fingerprint density at radius 3 is 2.50 bits per heavy atom. The molecule has 0 aliphatic carbocycles. The molecular formula is C18H20INO2. The molecule has 4 heteroatoms. The van der Waals surface area contributed by atoms with Crippen LogP contribution >= 0.6 is 22.6 Å². The summed E-state index contributed by atoms with van der Waals surface area (Å²) >= 11 is 2.23. The molecule has 0 aliphatic heterocycles. The van der Waals surface area contributed by atoms with Gasteiger partial charge in [0.05, 0.1) is 0 Å². The molecule has 2 rings (SSSR count). The van der Waals surface area contributed by atoms with Gasteiger partial charge in [0.1, 0.15) is 5.75 Å². The van der Waals surface area contributed by atoms with Crippen LogP contribution in [0.4, 0.5) is 0 Å². The standard InChI is InChI=1S/C18H20INO2/c1-14(7-8-15-5-3-2-4-6-15)20-18(21)13-22-17-11-9-16(19)10-12-17/h2-6,9-12,14H,7-8,13H2,1H3,(H,20,21)/t14-/m0/s1. The molecule has 1 N–H and O–H groups in total. The molecule has 0 unspecified atom stereocenters. The van der Waals surface area contributed by atoms with Gasteiger partial charge < -0.3 is 10.1 Å². The quantitative estimate of drug-likeness (QED) is 0.707. The molecule has 0 fully saturated rings. The third-order valence-corrected chi connectivity index (χ3v) is 4.02. The van der Waals surface area contributed by atoms with Gasteiger partial charge in [-0.05, 0) is 72.2 Å². The van der Waals surface area contributed by atoms with Crippen LogP contribution in [-0.4, -0.2) is 18.6 Å². The van der Waals surface area contributed by atoms with Gasteiger partial charge in [0, 0.05) is 9.61 Å². The molecule has 2 aromatic rings. The molecule has 22 heavy (non-hydrogen) atoms. The van der Waals surface area contributed by atoms with Gasteiger partial charge >= 0.3 is 0 Å². The highest BCUT2D eigenvalue weighted by Gasteiger charge is 2.08. The Morgan fingerprint density at radius 1 is 1.14 bits per heavy atom. The van der Waals surface area contributed by atoms with Crippen molar-refractivity contribution in [3.8, 4) is 5.75 Å². The lowest BCUT2D eigenvalue weighted by Gasteiger charge is -2.14. The molecule has 0 saturated heterocycles. The van der Waals surface area contributed by atoms with Crippen molar-refractivity contribution in [2.45, 2.75) is 25.8 Å². The number of benzene rings is 2. The normalized spacial score (nSPS) is 11.7. The van der Waals surface area contributed by atoms with Crippen LogP contribution in [-0.2, 0) is 11.2 Å². The highest BCUT2D eigenvalue weighted by Crippen LogP contribution is 2.13. The van der Waals surface area contributed by atoms with Crippen molar-refractivity contribution in [1.82, 2.24) is 5.32 Å². The summed E-state index contributed by atoms with van der Waals surface area (Å²) in [6, 6.07) is 18.1. The number of rotatable bonds is 7. The molecule has 0 radical (unpaired) electrons. The highest BCUT2D eigenvalue weighted by molar-refractivity contribution is 14.1. The Kier molecular flexibility index (Phi) is 6.71. The third kappa shape index (κ3) is 6.05. The first kappa shape index (κ1) is 16.8. The van der Waals surface area contributed by atoms with Gasteiger partial charge in [-0.1, -0.05) is 30.3 Å². The zero-order chi connectivity index (χ0) is 15.8. The van der Waals surface area contributed by atoms with Gasteiger partial charge in [-0.2, -0.15) is 0 Å². The minimum atomic E-state index is -0.0842. The van der Waals surface area contributed by atoms with Gasteiger partial charge in [0.15, 0.2) is 6.61 Å². The van der Waals surface area contributed by atoms with Crippen molar-refractivity contribution in [2.75, 3.05) is 6.61 Å². The molecule has 1 amide bonds. The fraction of sp³-hybridized carbons (Fsp3) is 0.278. The van der Waals surface area contributed by atoms with Gasteiger partial charge in [0.2, 0.25) is 0 Å². The number of ether oxygens (including phenoxy) is 1. The second-order valence-electron chi connectivity index (χ2n) is 5.24. The van der Waals surface area contributed by atoms with Gasteiger partial charge in [-0.25, -0.2) is 0 Å². The summed E-state index contributed by atoms with van der Waals surface area (Å²) in [5.74, 6) is 0.631. The van der Waals surface area contributed by atoms with Crippen molar-refractivity contribution >= 4 is 28.5 Å². The summed E-state index contributed by atoms with van der Waals surface area (Å²) in [7, 11) is 0. The molecule has 0 bridgehead atoms. The minimum absolute atomic E-state index is 0.0519. The highest BCUT2D eigenvalue weighted by atomic mass is 127. The monoisotopic (exact) mass is 409 g/mol. The fourth-order valence-electron chi connectivity index (χ4n) is 2.10. The van der Waals surface area contributed by atoms with E-state index in [2.05, 4.69) is 40.0 Å². The van der Waals surface area contributed by atoms with Crippen LogP contribution in [0.15, 0.2) is 54.6 Å². The summed E-state index contributed by atoms with van der Waals surface area (Å²) in [4.78, 5) is 11.9. The lowest BCUT2D eigenvalue weighted by atomic mass is 10.1. The van der Waals surface area contributed by atoms with Crippen LogP contribution in [0.1, 0.15) is 18.9 Å². The van der Waals surface area contributed by atoms with Crippen LogP contribution in [0, 0.1) is 3.57 Å². The zero-order valence-corrected chi connectivity index (χ0v) is 14.7. The van der Waals surface area contributed by atoms with Gasteiger partial charge in [0.25, 0.3) is 5.91 Å². The van der Waals surface area contributed by atoms with E-state index in [1.54, 1.807) is 0 Å². The second-order valence-corrected chi connectivity index (χ2v) is 6.48. The van der Waals surface area contributed by atoms with Crippen molar-refractivity contribution in [1.29, 1.82) is 0 Å². The molecular weight excluding hydrogens is 389 g/mol. The first-order valence-corrected chi connectivity index (χ1v) is 8.43. The van der Waals surface area contributed by atoms with E-state index in [1.165, 1.54) is 5.56 Å². The average Bonchev–Trinajstić information content (AvgIpc) is 2.53. The molecule has 0 aromatic heterocycles. The first-order valence-electron chi connectivity index (χ1n) is 7.35. The van der Waals surface area contributed by atoms with Crippen LogP contribution in [0.25, 0.3) is 0 Å². The second kappa shape index (κ2) is 8.78. The number of amides is 1. The summed E-state index contributed by atoms with van der Waals surface area (Å²) in [5.41, 5.74) is 1.29. The summed E-state index contributed by atoms with van der Waals surface area (Å²) in [5, 5.41) is 2.97. The number of carbonyl (C=O) groups excluding carboxylic acids is 1. The summed E-state index contributed by atoms with van der Waals surface area (Å²) in [6.07, 6.45) is 1.87. The van der Waals surface area contributed by atoms with E-state index in [-0.39, 0.29) is 18.6 Å². The molecule has 0 saturated carbocycles. The van der Waals surface area contributed by atoms with Crippen LogP contribution in [0.3, 0.4) is 0 Å². The number of carbonyl (C=O) groups is 1. The van der Waals surface area contributed by atoms with Crippen molar-refractivity contribution in [3.05, 3.63) is 63.7 Å². The van der Waals surface area contributed by atoms with Crippen molar-refractivity contribution < 1.29 is 9.53 Å². The van der Waals surface area contributed by atoms with E-state index in [4.69, 9.17) is 4.74 Å². The molecule has 0 spiro atoms. The molecule has 0 aliphatic rings. The van der Waals surface area contributed by atoms with Crippen molar-refractivity contribution in [3.63, 3.8) is 0 Å². The predicted octanol–water partition coefficient (Wildman–Crippen LogP) is 3.81. The molecule has 3 nitrogen and oxygen atoms in total. The van der Waals surface area contributed by atoms with Gasteiger partial charge in [-0.3, -0.25) is 4.79 Å². The Morgan fingerprint density at radius 2 is 1.82 bits per heavy atom. The van der Waals surface area contributed by atoms with E-state index in [1.807, 2.05) is 49.4 Å². The Bertz CT molecular complexity index is 584. The third-order valence-electron chi connectivity index (χ3n) is 3.30. The Hall–Kier alpha value is -1.56. The SMILES string of the molecule is C[C@@H](CCc1ccccc1)NC(=O)COc1ccc(I)cc1.